The van der Waals surface area contributed by atoms with E-state index in [1.54, 1.807) is 0 Å². The van der Waals surface area contributed by atoms with Crippen LogP contribution in [0.5, 0.6) is 0 Å². The first-order chi connectivity index (χ1) is 9.21. The van der Waals surface area contributed by atoms with Crippen LogP contribution in [0.4, 0.5) is 0 Å². The van der Waals surface area contributed by atoms with Gasteiger partial charge in [0.2, 0.25) is 0 Å². The van der Waals surface area contributed by atoms with Crippen molar-refractivity contribution in [2.24, 2.45) is 23.2 Å². The maximum Gasteiger partial charge on any atom is 0.0603 e. The standard InChI is InChI=1S/C17H31NO/c1-13(2)16-11-17(8-10-19-16)7-9-18-12-15(17)14-5-3-4-6-14/h13-16,18H,3-12H2,1-2H3. The third-order valence-corrected chi connectivity index (χ3v) is 6.20. The molecule has 1 N–H and O–H groups in total. The van der Waals surface area contributed by atoms with Gasteiger partial charge in [-0.15, -0.1) is 0 Å². The van der Waals surface area contributed by atoms with Crippen molar-refractivity contribution in [3.05, 3.63) is 0 Å². The summed E-state index contributed by atoms with van der Waals surface area (Å²) < 4.78 is 6.06. The summed E-state index contributed by atoms with van der Waals surface area (Å²) >= 11 is 0. The zero-order chi connectivity index (χ0) is 13.3. The van der Waals surface area contributed by atoms with E-state index in [0.29, 0.717) is 17.4 Å². The highest BCUT2D eigenvalue weighted by Crippen LogP contribution is 2.51. The summed E-state index contributed by atoms with van der Waals surface area (Å²) in [6, 6.07) is 0. The van der Waals surface area contributed by atoms with Gasteiger partial charge in [-0.1, -0.05) is 39.5 Å². The van der Waals surface area contributed by atoms with Gasteiger partial charge in [-0.25, -0.2) is 0 Å². The first kappa shape index (κ1) is 13.9. The van der Waals surface area contributed by atoms with Gasteiger partial charge in [0, 0.05) is 6.61 Å². The van der Waals surface area contributed by atoms with Gasteiger partial charge in [0.1, 0.15) is 0 Å². The fourth-order valence-electron chi connectivity index (χ4n) is 4.99. The minimum atomic E-state index is 0.510. The molecule has 0 radical (unpaired) electrons. The lowest BCUT2D eigenvalue weighted by molar-refractivity contribution is -0.109. The van der Waals surface area contributed by atoms with Crippen LogP contribution < -0.4 is 5.32 Å². The molecule has 2 heterocycles. The van der Waals surface area contributed by atoms with Crippen LogP contribution in [0.25, 0.3) is 0 Å². The van der Waals surface area contributed by atoms with Crippen molar-refractivity contribution in [2.75, 3.05) is 19.7 Å². The summed E-state index contributed by atoms with van der Waals surface area (Å²) in [7, 11) is 0. The van der Waals surface area contributed by atoms with Crippen molar-refractivity contribution in [3.63, 3.8) is 0 Å². The van der Waals surface area contributed by atoms with Crippen molar-refractivity contribution in [1.82, 2.24) is 5.32 Å². The highest BCUT2D eigenvalue weighted by atomic mass is 16.5. The Labute approximate surface area is 118 Å². The number of rotatable bonds is 2. The molecule has 1 spiro atoms. The zero-order valence-corrected chi connectivity index (χ0v) is 12.8. The van der Waals surface area contributed by atoms with Gasteiger partial charge in [0.15, 0.2) is 0 Å². The molecule has 1 saturated carbocycles. The second-order valence-electron chi connectivity index (χ2n) is 7.57. The van der Waals surface area contributed by atoms with E-state index in [-0.39, 0.29) is 0 Å². The lowest BCUT2D eigenvalue weighted by Crippen LogP contribution is -2.52. The van der Waals surface area contributed by atoms with Gasteiger partial charge in [-0.3, -0.25) is 0 Å². The van der Waals surface area contributed by atoms with E-state index < -0.39 is 0 Å². The Hall–Kier alpha value is -0.0800. The van der Waals surface area contributed by atoms with Crippen molar-refractivity contribution in [3.8, 4) is 0 Å². The van der Waals surface area contributed by atoms with Crippen LogP contribution in [0.1, 0.15) is 58.8 Å². The number of nitrogens with one attached hydrogen (secondary N) is 1. The Kier molecular flexibility index (Phi) is 4.19. The topological polar surface area (TPSA) is 21.3 Å². The van der Waals surface area contributed by atoms with Crippen LogP contribution in [-0.2, 0) is 4.74 Å². The molecule has 110 valence electrons. The Morgan fingerprint density at radius 2 is 1.95 bits per heavy atom. The zero-order valence-electron chi connectivity index (χ0n) is 12.8. The minimum absolute atomic E-state index is 0.510. The van der Waals surface area contributed by atoms with Gasteiger partial charge in [0.05, 0.1) is 6.10 Å². The predicted molar refractivity (Wildman–Crippen MR) is 79.2 cm³/mol. The highest BCUT2D eigenvalue weighted by Gasteiger charge is 2.48. The lowest BCUT2D eigenvalue weighted by atomic mass is 9.59. The Bertz CT molecular complexity index is 294. The summed E-state index contributed by atoms with van der Waals surface area (Å²) in [5, 5.41) is 3.69. The lowest BCUT2D eigenvalue weighted by Gasteiger charge is -2.52. The smallest absolute Gasteiger partial charge is 0.0603 e. The fraction of sp³-hybridized carbons (Fsp3) is 1.00. The molecule has 3 rings (SSSR count). The quantitative estimate of drug-likeness (QED) is 0.823. The Morgan fingerprint density at radius 3 is 2.68 bits per heavy atom. The van der Waals surface area contributed by atoms with Crippen LogP contribution in [0, 0.1) is 23.2 Å². The number of hydrogen-bond acceptors (Lipinski definition) is 2. The van der Waals surface area contributed by atoms with Crippen LogP contribution in [-0.4, -0.2) is 25.8 Å². The third kappa shape index (κ3) is 2.71. The number of ether oxygens (including phenoxy) is 1. The van der Waals surface area contributed by atoms with Gasteiger partial charge in [0.25, 0.3) is 0 Å². The Morgan fingerprint density at radius 1 is 1.16 bits per heavy atom. The van der Waals surface area contributed by atoms with Crippen LogP contribution in [0.15, 0.2) is 0 Å². The van der Waals surface area contributed by atoms with E-state index in [0.717, 1.165) is 18.4 Å². The van der Waals surface area contributed by atoms with Crippen LogP contribution >= 0.6 is 0 Å². The maximum absolute atomic E-state index is 6.06. The van der Waals surface area contributed by atoms with Gasteiger partial charge in [-0.05, 0) is 55.5 Å². The van der Waals surface area contributed by atoms with E-state index in [9.17, 15) is 0 Å². The molecule has 3 unspecified atom stereocenters. The molecular weight excluding hydrogens is 234 g/mol. The molecule has 3 fully saturated rings. The third-order valence-electron chi connectivity index (χ3n) is 6.20. The van der Waals surface area contributed by atoms with E-state index in [1.165, 1.54) is 58.0 Å². The molecule has 0 aromatic carbocycles. The molecule has 0 aromatic heterocycles. The minimum Gasteiger partial charge on any atom is -0.378 e. The fourth-order valence-corrected chi connectivity index (χ4v) is 4.99. The van der Waals surface area contributed by atoms with Gasteiger partial charge in [-0.2, -0.15) is 0 Å². The van der Waals surface area contributed by atoms with E-state index in [2.05, 4.69) is 19.2 Å². The maximum atomic E-state index is 6.06. The summed E-state index contributed by atoms with van der Waals surface area (Å²) in [5.41, 5.74) is 0.605. The van der Waals surface area contributed by atoms with Crippen molar-refractivity contribution in [1.29, 1.82) is 0 Å². The summed E-state index contributed by atoms with van der Waals surface area (Å²) in [6.45, 7) is 8.17. The van der Waals surface area contributed by atoms with Crippen LogP contribution in [0.3, 0.4) is 0 Å². The highest BCUT2D eigenvalue weighted by molar-refractivity contribution is 4.99. The molecule has 2 aliphatic heterocycles. The van der Waals surface area contributed by atoms with Gasteiger partial charge >= 0.3 is 0 Å². The molecule has 2 heteroatoms. The molecule has 3 aliphatic rings. The molecule has 1 aliphatic carbocycles. The monoisotopic (exact) mass is 265 g/mol. The second-order valence-corrected chi connectivity index (χ2v) is 7.57. The van der Waals surface area contributed by atoms with Gasteiger partial charge < -0.3 is 10.1 Å². The first-order valence-corrected chi connectivity index (χ1v) is 8.54. The normalized spacial score (nSPS) is 41.2. The Balaban J connectivity index is 1.77. The average Bonchev–Trinajstić information content (AvgIpc) is 2.93. The van der Waals surface area contributed by atoms with Crippen molar-refractivity contribution in [2.45, 2.75) is 64.9 Å². The van der Waals surface area contributed by atoms with Crippen LogP contribution in [0.2, 0.25) is 0 Å². The second kappa shape index (κ2) is 5.73. The predicted octanol–water partition coefficient (Wildman–Crippen LogP) is 3.61. The van der Waals surface area contributed by atoms with E-state index in [1.807, 2.05) is 0 Å². The van der Waals surface area contributed by atoms with E-state index in [4.69, 9.17) is 4.74 Å². The first-order valence-electron chi connectivity index (χ1n) is 8.54. The molecule has 19 heavy (non-hydrogen) atoms. The molecule has 2 nitrogen and oxygen atoms in total. The number of piperidine rings is 1. The number of hydrogen-bond donors (Lipinski definition) is 1. The molecular formula is C17H31NO. The average molecular weight is 265 g/mol. The van der Waals surface area contributed by atoms with Crippen molar-refractivity contribution < 1.29 is 4.74 Å². The summed E-state index contributed by atoms with van der Waals surface area (Å²) in [6.07, 6.45) is 10.5. The SMILES string of the molecule is CC(C)C1CC2(CCNCC2C2CCCC2)CCO1. The molecule has 0 bridgehead atoms. The van der Waals surface area contributed by atoms with E-state index >= 15 is 0 Å². The largest absolute Gasteiger partial charge is 0.378 e. The van der Waals surface area contributed by atoms with Crippen molar-refractivity contribution >= 4 is 0 Å². The molecule has 0 aromatic rings. The molecule has 0 amide bonds. The summed E-state index contributed by atoms with van der Waals surface area (Å²) in [5.74, 6) is 2.60. The molecule has 3 atom stereocenters. The summed E-state index contributed by atoms with van der Waals surface area (Å²) in [4.78, 5) is 0. The molecule has 2 saturated heterocycles.